The van der Waals surface area contributed by atoms with Crippen molar-refractivity contribution in [3.05, 3.63) is 80.9 Å². The van der Waals surface area contributed by atoms with Crippen molar-refractivity contribution in [3.8, 4) is 0 Å². The number of nitro benzene ring substituents is 1. The minimum absolute atomic E-state index is 0.112. The second kappa shape index (κ2) is 6.45. The first-order chi connectivity index (χ1) is 11.9. The van der Waals surface area contributed by atoms with Gasteiger partial charge in [-0.05, 0) is 24.3 Å². The SMILES string of the molecule is O=C(Nc1ccc([N+](=O)[O-])c2ccccc12)c1cc(F)c(F)cc1Cl. The molecule has 126 valence electrons. The predicted molar refractivity (Wildman–Crippen MR) is 89.9 cm³/mol. The van der Waals surface area contributed by atoms with E-state index >= 15 is 0 Å². The molecule has 3 aromatic rings. The van der Waals surface area contributed by atoms with Crippen LogP contribution in [0.4, 0.5) is 20.2 Å². The van der Waals surface area contributed by atoms with E-state index in [1.807, 2.05) is 0 Å². The van der Waals surface area contributed by atoms with Crippen LogP contribution in [0.3, 0.4) is 0 Å². The van der Waals surface area contributed by atoms with E-state index < -0.39 is 22.5 Å². The van der Waals surface area contributed by atoms with Crippen LogP contribution in [0.1, 0.15) is 10.4 Å². The molecule has 0 heterocycles. The normalized spacial score (nSPS) is 10.7. The standard InChI is InChI=1S/C17H9ClF2N2O3/c18-12-8-14(20)13(19)7-11(12)17(23)21-15-5-6-16(22(24)25)10-4-2-1-3-9(10)15/h1-8H,(H,21,23). The van der Waals surface area contributed by atoms with Crippen LogP contribution in [-0.2, 0) is 0 Å². The Balaban J connectivity index is 2.04. The van der Waals surface area contributed by atoms with E-state index in [0.717, 1.165) is 0 Å². The molecule has 0 aliphatic carbocycles. The number of rotatable bonds is 3. The van der Waals surface area contributed by atoms with Crippen molar-refractivity contribution < 1.29 is 18.5 Å². The quantitative estimate of drug-likeness (QED) is 0.408. The van der Waals surface area contributed by atoms with Gasteiger partial charge in [-0.3, -0.25) is 14.9 Å². The second-order valence-corrected chi connectivity index (χ2v) is 5.54. The van der Waals surface area contributed by atoms with E-state index in [-0.39, 0.29) is 22.0 Å². The summed E-state index contributed by atoms with van der Waals surface area (Å²) in [5.74, 6) is -3.13. The van der Waals surface area contributed by atoms with Crippen molar-refractivity contribution in [1.82, 2.24) is 0 Å². The lowest BCUT2D eigenvalue weighted by molar-refractivity contribution is -0.383. The van der Waals surface area contributed by atoms with Crippen molar-refractivity contribution in [1.29, 1.82) is 0 Å². The number of halogens is 3. The Hall–Kier alpha value is -3.06. The molecular formula is C17H9ClF2N2O3. The molecule has 0 saturated heterocycles. The summed E-state index contributed by atoms with van der Waals surface area (Å²) in [4.78, 5) is 22.9. The Morgan fingerprint density at radius 3 is 2.36 bits per heavy atom. The van der Waals surface area contributed by atoms with Crippen LogP contribution in [0.15, 0.2) is 48.5 Å². The molecular weight excluding hydrogens is 354 g/mol. The lowest BCUT2D eigenvalue weighted by Gasteiger charge is -2.10. The van der Waals surface area contributed by atoms with Crippen LogP contribution in [0.5, 0.6) is 0 Å². The highest BCUT2D eigenvalue weighted by Crippen LogP contribution is 2.32. The largest absolute Gasteiger partial charge is 0.321 e. The summed E-state index contributed by atoms with van der Waals surface area (Å²) in [7, 11) is 0. The van der Waals surface area contributed by atoms with Crippen LogP contribution in [0.2, 0.25) is 5.02 Å². The van der Waals surface area contributed by atoms with Crippen LogP contribution in [0, 0.1) is 21.7 Å². The van der Waals surface area contributed by atoms with Gasteiger partial charge in [0.25, 0.3) is 11.6 Å². The molecule has 0 unspecified atom stereocenters. The third-order valence-corrected chi connectivity index (χ3v) is 3.91. The molecule has 0 radical (unpaired) electrons. The average molecular weight is 363 g/mol. The van der Waals surface area contributed by atoms with Gasteiger partial charge in [0, 0.05) is 17.1 Å². The minimum atomic E-state index is -1.21. The lowest BCUT2D eigenvalue weighted by atomic mass is 10.1. The number of nitrogens with zero attached hydrogens (tertiary/aromatic N) is 1. The van der Waals surface area contributed by atoms with Crippen molar-refractivity contribution in [3.63, 3.8) is 0 Å². The topological polar surface area (TPSA) is 72.2 Å². The number of carbonyl (C=O) groups is 1. The fourth-order valence-electron chi connectivity index (χ4n) is 2.44. The summed E-state index contributed by atoms with van der Waals surface area (Å²) in [6, 6.07) is 10.5. The summed E-state index contributed by atoms with van der Waals surface area (Å²) in [5, 5.41) is 14.1. The number of nitro groups is 1. The molecule has 0 bridgehead atoms. The maximum atomic E-state index is 13.4. The number of fused-ring (bicyclic) bond motifs is 1. The van der Waals surface area contributed by atoms with Gasteiger partial charge in [-0.15, -0.1) is 0 Å². The number of amides is 1. The zero-order valence-corrected chi connectivity index (χ0v) is 13.2. The van der Waals surface area contributed by atoms with Gasteiger partial charge in [0.2, 0.25) is 0 Å². The van der Waals surface area contributed by atoms with Gasteiger partial charge in [-0.25, -0.2) is 8.78 Å². The first kappa shape index (κ1) is 16.8. The van der Waals surface area contributed by atoms with Gasteiger partial charge < -0.3 is 5.32 Å². The Morgan fingerprint density at radius 2 is 1.68 bits per heavy atom. The van der Waals surface area contributed by atoms with Gasteiger partial charge >= 0.3 is 0 Å². The van der Waals surface area contributed by atoms with Crippen LogP contribution in [-0.4, -0.2) is 10.8 Å². The minimum Gasteiger partial charge on any atom is -0.321 e. The zero-order valence-electron chi connectivity index (χ0n) is 12.4. The molecule has 0 atom stereocenters. The molecule has 0 aromatic heterocycles. The second-order valence-electron chi connectivity index (χ2n) is 5.14. The predicted octanol–water partition coefficient (Wildman–Crippen LogP) is 4.93. The van der Waals surface area contributed by atoms with Crippen molar-refractivity contribution in [2.24, 2.45) is 0 Å². The molecule has 1 N–H and O–H groups in total. The number of hydrogen-bond acceptors (Lipinski definition) is 3. The Bertz CT molecular complexity index is 1020. The van der Waals surface area contributed by atoms with E-state index in [2.05, 4.69) is 5.32 Å². The molecule has 0 spiro atoms. The molecule has 3 rings (SSSR count). The molecule has 0 aliphatic heterocycles. The number of anilines is 1. The number of nitrogens with one attached hydrogen (secondary N) is 1. The van der Waals surface area contributed by atoms with Gasteiger partial charge in [0.1, 0.15) is 0 Å². The molecule has 3 aromatic carbocycles. The van der Waals surface area contributed by atoms with E-state index in [4.69, 9.17) is 11.6 Å². The Labute approximate surface area is 145 Å². The summed E-state index contributed by atoms with van der Waals surface area (Å²) in [6.45, 7) is 0. The zero-order chi connectivity index (χ0) is 18.1. The smallest absolute Gasteiger partial charge is 0.277 e. The fraction of sp³-hybridized carbons (Fsp3) is 0. The van der Waals surface area contributed by atoms with Crippen molar-refractivity contribution in [2.45, 2.75) is 0 Å². The lowest BCUT2D eigenvalue weighted by Crippen LogP contribution is -2.13. The maximum Gasteiger partial charge on any atom is 0.277 e. The number of hydrogen-bond donors (Lipinski definition) is 1. The van der Waals surface area contributed by atoms with Gasteiger partial charge in [0.05, 0.1) is 20.9 Å². The van der Waals surface area contributed by atoms with E-state index in [1.54, 1.807) is 24.3 Å². The van der Waals surface area contributed by atoms with Crippen LogP contribution in [0.25, 0.3) is 10.8 Å². The van der Waals surface area contributed by atoms with Gasteiger partial charge in [-0.2, -0.15) is 0 Å². The molecule has 1 amide bonds. The monoisotopic (exact) mass is 362 g/mol. The highest BCUT2D eigenvalue weighted by Gasteiger charge is 2.18. The van der Waals surface area contributed by atoms with Crippen LogP contribution < -0.4 is 5.32 Å². The number of carbonyl (C=O) groups excluding carboxylic acids is 1. The van der Waals surface area contributed by atoms with Crippen LogP contribution >= 0.6 is 11.6 Å². The van der Waals surface area contributed by atoms with E-state index in [1.165, 1.54) is 12.1 Å². The highest BCUT2D eigenvalue weighted by molar-refractivity contribution is 6.34. The van der Waals surface area contributed by atoms with E-state index in [9.17, 15) is 23.7 Å². The maximum absolute atomic E-state index is 13.4. The van der Waals surface area contributed by atoms with Gasteiger partial charge in [-0.1, -0.05) is 29.8 Å². The summed E-state index contributed by atoms with van der Waals surface area (Å²) < 4.78 is 26.5. The first-order valence-electron chi connectivity index (χ1n) is 7.00. The summed E-state index contributed by atoms with van der Waals surface area (Å²) in [6.07, 6.45) is 0. The summed E-state index contributed by atoms with van der Waals surface area (Å²) in [5.41, 5.74) is -0.0746. The molecule has 0 saturated carbocycles. The average Bonchev–Trinajstić information content (AvgIpc) is 2.58. The Kier molecular flexibility index (Phi) is 4.33. The number of benzene rings is 3. The highest BCUT2D eigenvalue weighted by atomic mass is 35.5. The fourth-order valence-corrected chi connectivity index (χ4v) is 2.67. The molecule has 0 fully saturated rings. The third-order valence-electron chi connectivity index (χ3n) is 3.60. The first-order valence-corrected chi connectivity index (χ1v) is 7.38. The molecule has 25 heavy (non-hydrogen) atoms. The van der Waals surface area contributed by atoms with E-state index in [0.29, 0.717) is 22.9 Å². The Morgan fingerprint density at radius 1 is 1.04 bits per heavy atom. The van der Waals surface area contributed by atoms with Gasteiger partial charge in [0.15, 0.2) is 11.6 Å². The molecule has 5 nitrogen and oxygen atoms in total. The molecule has 8 heteroatoms. The third kappa shape index (κ3) is 3.14. The van der Waals surface area contributed by atoms with Crippen molar-refractivity contribution >= 4 is 39.7 Å². The van der Waals surface area contributed by atoms with Crippen molar-refractivity contribution in [2.75, 3.05) is 5.32 Å². The number of non-ortho nitro benzene ring substituents is 1. The summed E-state index contributed by atoms with van der Waals surface area (Å²) >= 11 is 5.79. The molecule has 0 aliphatic rings.